The van der Waals surface area contributed by atoms with Crippen molar-refractivity contribution in [3.63, 3.8) is 0 Å². The molecule has 0 fully saturated rings. The molecule has 2 rings (SSSR count). The van der Waals surface area contributed by atoms with Gasteiger partial charge in [0, 0.05) is 28.9 Å². The number of benzene rings is 2. The van der Waals surface area contributed by atoms with Crippen molar-refractivity contribution < 1.29 is 4.79 Å². The van der Waals surface area contributed by atoms with Gasteiger partial charge in [0.15, 0.2) is 5.78 Å². The van der Waals surface area contributed by atoms with Crippen LogP contribution in [0.25, 0.3) is 0 Å². The van der Waals surface area contributed by atoms with E-state index in [1.807, 2.05) is 37.3 Å². The number of halogens is 2. The van der Waals surface area contributed by atoms with E-state index in [4.69, 9.17) is 23.2 Å². The number of carbonyl (C=O) groups excluding carboxylic acids is 1. The van der Waals surface area contributed by atoms with Gasteiger partial charge in [-0.05, 0) is 30.7 Å². The first-order valence-corrected chi connectivity index (χ1v) is 7.30. The highest BCUT2D eigenvalue weighted by molar-refractivity contribution is 6.37. The Labute approximate surface area is 134 Å². The Bertz CT molecular complexity index is 653. The molecule has 0 radical (unpaired) electrons. The summed E-state index contributed by atoms with van der Waals surface area (Å²) >= 11 is 11.8. The average Bonchev–Trinajstić information content (AvgIpc) is 2.47. The number of hydrogen-bond donors (Lipinski definition) is 1. The average molecular weight is 320 g/mol. The highest BCUT2D eigenvalue weighted by Crippen LogP contribution is 2.21. The van der Waals surface area contributed by atoms with Gasteiger partial charge in [0.05, 0.1) is 5.02 Å². The monoisotopic (exact) mass is 319 g/mol. The van der Waals surface area contributed by atoms with Gasteiger partial charge in [-0.25, -0.2) is 0 Å². The Morgan fingerprint density at radius 3 is 2.52 bits per heavy atom. The summed E-state index contributed by atoms with van der Waals surface area (Å²) in [4.78, 5) is 12.0. The first-order chi connectivity index (χ1) is 10.1. The molecule has 0 spiro atoms. The van der Waals surface area contributed by atoms with Crippen LogP contribution in [0.15, 0.2) is 60.8 Å². The Morgan fingerprint density at radius 2 is 1.86 bits per heavy atom. The molecular weight excluding hydrogens is 305 g/mol. The molecule has 0 aliphatic rings. The van der Waals surface area contributed by atoms with Gasteiger partial charge in [-0.1, -0.05) is 53.5 Å². The molecule has 0 aliphatic carbocycles. The Hall–Kier alpha value is -1.77. The van der Waals surface area contributed by atoms with Crippen molar-refractivity contribution in [1.82, 2.24) is 5.32 Å². The topological polar surface area (TPSA) is 29.1 Å². The van der Waals surface area contributed by atoms with Crippen LogP contribution in [0.1, 0.15) is 28.9 Å². The van der Waals surface area contributed by atoms with Crippen LogP contribution < -0.4 is 5.32 Å². The minimum atomic E-state index is -0.163. The van der Waals surface area contributed by atoms with Crippen molar-refractivity contribution >= 4 is 29.0 Å². The van der Waals surface area contributed by atoms with E-state index in [1.165, 1.54) is 6.08 Å². The molecule has 2 aromatic rings. The third-order valence-corrected chi connectivity index (χ3v) is 3.62. The predicted octanol–water partition coefficient (Wildman–Crippen LogP) is 5.04. The molecule has 0 unspecified atom stereocenters. The van der Waals surface area contributed by atoms with Gasteiger partial charge in [-0.15, -0.1) is 0 Å². The van der Waals surface area contributed by atoms with Gasteiger partial charge in [-0.3, -0.25) is 4.79 Å². The molecule has 1 atom stereocenters. The molecule has 108 valence electrons. The smallest absolute Gasteiger partial charge is 0.188 e. The first-order valence-electron chi connectivity index (χ1n) is 6.55. The fourth-order valence-electron chi connectivity index (χ4n) is 1.89. The van der Waals surface area contributed by atoms with Crippen molar-refractivity contribution in [2.45, 2.75) is 13.0 Å². The zero-order valence-corrected chi connectivity index (χ0v) is 13.0. The van der Waals surface area contributed by atoms with E-state index >= 15 is 0 Å². The van der Waals surface area contributed by atoms with Gasteiger partial charge in [0.2, 0.25) is 0 Å². The summed E-state index contributed by atoms with van der Waals surface area (Å²) in [7, 11) is 0. The summed E-state index contributed by atoms with van der Waals surface area (Å²) in [6.07, 6.45) is 3.11. The summed E-state index contributed by atoms with van der Waals surface area (Å²) in [5, 5.41) is 4.03. The summed E-state index contributed by atoms with van der Waals surface area (Å²) in [5.41, 5.74) is 1.59. The molecule has 0 aliphatic heterocycles. The lowest BCUT2D eigenvalue weighted by Gasteiger charge is -2.11. The van der Waals surface area contributed by atoms with Crippen molar-refractivity contribution in [2.75, 3.05) is 0 Å². The second-order valence-corrected chi connectivity index (χ2v) is 5.46. The molecule has 4 heteroatoms. The van der Waals surface area contributed by atoms with Gasteiger partial charge in [0.25, 0.3) is 0 Å². The summed E-state index contributed by atoms with van der Waals surface area (Å²) in [6, 6.07) is 14.9. The van der Waals surface area contributed by atoms with E-state index in [0.717, 1.165) is 5.56 Å². The zero-order chi connectivity index (χ0) is 15.2. The second kappa shape index (κ2) is 7.30. The van der Waals surface area contributed by atoms with Crippen molar-refractivity contribution in [2.24, 2.45) is 0 Å². The highest BCUT2D eigenvalue weighted by Gasteiger charge is 2.08. The standard InChI is InChI=1S/C17H15Cl2NO/c1-12(13-5-3-2-4-6-13)20-10-9-17(21)15-8-7-14(18)11-16(15)19/h2-12,20H,1H3/b10-9+/t12-/m0/s1. The Balaban J connectivity index is 1.99. The van der Waals surface area contributed by atoms with E-state index in [2.05, 4.69) is 5.32 Å². The molecule has 0 amide bonds. The van der Waals surface area contributed by atoms with Crippen LogP contribution in [0.3, 0.4) is 0 Å². The van der Waals surface area contributed by atoms with E-state index in [1.54, 1.807) is 24.4 Å². The molecule has 0 heterocycles. The lowest BCUT2D eigenvalue weighted by molar-refractivity contribution is 0.104. The Kier molecular flexibility index (Phi) is 5.43. The third-order valence-electron chi connectivity index (χ3n) is 3.08. The van der Waals surface area contributed by atoms with Crippen molar-refractivity contribution in [3.05, 3.63) is 82.0 Å². The van der Waals surface area contributed by atoms with Crippen molar-refractivity contribution in [1.29, 1.82) is 0 Å². The van der Waals surface area contributed by atoms with Crippen LogP contribution in [-0.4, -0.2) is 5.78 Å². The molecule has 0 bridgehead atoms. The number of carbonyl (C=O) groups is 1. The van der Waals surface area contributed by atoms with E-state index in [9.17, 15) is 4.79 Å². The largest absolute Gasteiger partial charge is 0.384 e. The molecule has 0 aromatic heterocycles. The van der Waals surface area contributed by atoms with Crippen LogP contribution in [0, 0.1) is 0 Å². The maximum absolute atomic E-state index is 12.0. The maximum Gasteiger partial charge on any atom is 0.188 e. The molecule has 2 aromatic carbocycles. The van der Waals surface area contributed by atoms with Gasteiger partial charge in [0.1, 0.15) is 0 Å². The maximum atomic E-state index is 12.0. The number of nitrogens with one attached hydrogen (secondary N) is 1. The minimum absolute atomic E-state index is 0.121. The van der Waals surface area contributed by atoms with Crippen LogP contribution in [0.2, 0.25) is 10.0 Å². The number of rotatable bonds is 5. The third kappa shape index (κ3) is 4.35. The minimum Gasteiger partial charge on any atom is -0.384 e. The first kappa shape index (κ1) is 15.6. The fourth-order valence-corrected chi connectivity index (χ4v) is 2.39. The normalized spacial score (nSPS) is 12.3. The quantitative estimate of drug-likeness (QED) is 0.617. The Morgan fingerprint density at radius 1 is 1.14 bits per heavy atom. The van der Waals surface area contributed by atoms with Crippen LogP contribution in [0.5, 0.6) is 0 Å². The lowest BCUT2D eigenvalue weighted by atomic mass is 10.1. The second-order valence-electron chi connectivity index (χ2n) is 4.62. The molecular formula is C17H15Cl2NO. The van der Waals surface area contributed by atoms with Crippen LogP contribution in [0.4, 0.5) is 0 Å². The molecule has 0 saturated heterocycles. The molecule has 1 N–H and O–H groups in total. The SMILES string of the molecule is C[C@H](N/C=C/C(=O)c1ccc(Cl)cc1Cl)c1ccccc1. The van der Waals surface area contributed by atoms with E-state index in [-0.39, 0.29) is 11.8 Å². The highest BCUT2D eigenvalue weighted by atomic mass is 35.5. The summed E-state index contributed by atoms with van der Waals surface area (Å²) in [6.45, 7) is 2.03. The molecule has 2 nitrogen and oxygen atoms in total. The number of ketones is 1. The number of hydrogen-bond acceptors (Lipinski definition) is 2. The van der Waals surface area contributed by atoms with Gasteiger partial charge < -0.3 is 5.32 Å². The van der Waals surface area contributed by atoms with E-state index < -0.39 is 0 Å². The van der Waals surface area contributed by atoms with Gasteiger partial charge in [-0.2, -0.15) is 0 Å². The predicted molar refractivity (Wildman–Crippen MR) is 87.9 cm³/mol. The van der Waals surface area contributed by atoms with Crippen LogP contribution >= 0.6 is 23.2 Å². The lowest BCUT2D eigenvalue weighted by Crippen LogP contribution is -2.12. The zero-order valence-electron chi connectivity index (χ0n) is 11.5. The fraction of sp³-hybridized carbons (Fsp3) is 0.118. The molecule has 21 heavy (non-hydrogen) atoms. The van der Waals surface area contributed by atoms with Crippen LogP contribution in [-0.2, 0) is 0 Å². The van der Waals surface area contributed by atoms with Crippen molar-refractivity contribution in [3.8, 4) is 0 Å². The summed E-state index contributed by atoms with van der Waals surface area (Å²) in [5.74, 6) is -0.163. The number of allylic oxidation sites excluding steroid dienone is 1. The molecule has 0 saturated carbocycles. The van der Waals surface area contributed by atoms with E-state index in [0.29, 0.717) is 15.6 Å². The van der Waals surface area contributed by atoms with Gasteiger partial charge >= 0.3 is 0 Å². The summed E-state index contributed by atoms with van der Waals surface area (Å²) < 4.78 is 0.